The Morgan fingerprint density at radius 1 is 1.15 bits per heavy atom. The van der Waals surface area contributed by atoms with Crippen LogP contribution in [0.1, 0.15) is 6.92 Å². The highest BCUT2D eigenvalue weighted by Gasteiger charge is 2.15. The fourth-order valence-electron chi connectivity index (χ4n) is 2.20. The van der Waals surface area contributed by atoms with Gasteiger partial charge >= 0.3 is 0 Å². The number of hydrogen-bond acceptors (Lipinski definition) is 5. The smallest absolute Gasteiger partial charge is 0.265 e. The lowest BCUT2D eigenvalue weighted by molar-refractivity contribution is -0.122. The molecule has 1 atom stereocenters. The number of benzene rings is 2. The molecule has 2 aromatic carbocycles. The predicted molar refractivity (Wildman–Crippen MR) is 99.3 cm³/mol. The summed E-state index contributed by atoms with van der Waals surface area (Å²) >= 11 is 5.82. The largest absolute Gasteiger partial charge is 0.508 e. The number of hydrogen-bond donors (Lipinski definition) is 2. The van der Waals surface area contributed by atoms with E-state index in [1.165, 1.54) is 12.4 Å². The number of nitrogens with one attached hydrogen (secondary N) is 1. The molecule has 0 aliphatic heterocycles. The zero-order chi connectivity index (χ0) is 18.5. The zero-order valence-corrected chi connectivity index (χ0v) is 14.6. The highest BCUT2D eigenvalue weighted by atomic mass is 35.5. The molecule has 0 saturated carbocycles. The van der Waals surface area contributed by atoms with E-state index in [0.717, 1.165) is 0 Å². The van der Waals surface area contributed by atoms with Gasteiger partial charge in [0, 0.05) is 10.6 Å². The zero-order valence-electron chi connectivity index (χ0n) is 13.9. The van der Waals surface area contributed by atoms with Crippen LogP contribution in [0.4, 0.5) is 5.69 Å². The van der Waals surface area contributed by atoms with Crippen LogP contribution in [0.15, 0.2) is 60.9 Å². The first-order chi connectivity index (χ1) is 12.5. The van der Waals surface area contributed by atoms with Crippen LogP contribution in [-0.2, 0) is 4.79 Å². The van der Waals surface area contributed by atoms with E-state index in [0.29, 0.717) is 27.8 Å². The Hall–Kier alpha value is -3.12. The molecule has 0 radical (unpaired) electrons. The van der Waals surface area contributed by atoms with Crippen molar-refractivity contribution in [3.63, 3.8) is 0 Å². The van der Waals surface area contributed by atoms with E-state index in [4.69, 9.17) is 16.3 Å². The van der Waals surface area contributed by atoms with Crippen LogP contribution in [0.3, 0.4) is 0 Å². The summed E-state index contributed by atoms with van der Waals surface area (Å²) in [6.07, 6.45) is 2.29. The van der Waals surface area contributed by atoms with E-state index in [1.807, 2.05) is 0 Å². The minimum absolute atomic E-state index is 0.136. The molecule has 1 unspecified atom stereocenters. The number of amides is 1. The number of aromatic hydroxyl groups is 1. The number of ether oxygens (including phenoxy) is 1. The van der Waals surface area contributed by atoms with Gasteiger partial charge in [0.2, 0.25) is 0 Å². The van der Waals surface area contributed by atoms with Gasteiger partial charge in [-0.25, -0.2) is 9.97 Å². The van der Waals surface area contributed by atoms with Crippen molar-refractivity contribution in [1.82, 2.24) is 9.97 Å². The monoisotopic (exact) mass is 369 g/mol. The number of rotatable bonds is 5. The Morgan fingerprint density at radius 3 is 2.50 bits per heavy atom. The van der Waals surface area contributed by atoms with E-state index >= 15 is 0 Å². The molecule has 0 spiro atoms. The summed E-state index contributed by atoms with van der Waals surface area (Å²) < 4.78 is 5.57. The maximum absolute atomic E-state index is 12.2. The summed E-state index contributed by atoms with van der Waals surface area (Å²) in [4.78, 5) is 20.6. The third-order valence-corrected chi connectivity index (χ3v) is 3.77. The lowest BCUT2D eigenvalue weighted by Gasteiger charge is -2.14. The Bertz CT molecular complexity index is 899. The summed E-state index contributed by atoms with van der Waals surface area (Å²) in [6, 6.07) is 13.4. The van der Waals surface area contributed by atoms with Crippen molar-refractivity contribution in [3.05, 3.63) is 65.9 Å². The average molecular weight is 370 g/mol. The molecule has 0 saturated heterocycles. The number of carbonyl (C=O) groups excluding carboxylic acids is 1. The number of anilines is 1. The van der Waals surface area contributed by atoms with Gasteiger partial charge in [-0.2, -0.15) is 0 Å². The Kier molecular flexibility index (Phi) is 5.34. The molecule has 7 heteroatoms. The van der Waals surface area contributed by atoms with Crippen molar-refractivity contribution in [3.8, 4) is 22.9 Å². The van der Waals surface area contributed by atoms with Crippen molar-refractivity contribution in [2.75, 3.05) is 5.32 Å². The molecule has 26 heavy (non-hydrogen) atoms. The number of halogens is 1. The van der Waals surface area contributed by atoms with Crippen LogP contribution in [0.5, 0.6) is 11.5 Å². The second-order valence-corrected chi connectivity index (χ2v) is 5.99. The first-order valence-electron chi connectivity index (χ1n) is 7.86. The molecule has 1 heterocycles. The molecule has 1 aromatic heterocycles. The first-order valence-corrected chi connectivity index (χ1v) is 8.23. The molecule has 0 bridgehead atoms. The number of phenolic OH excluding ortho intramolecular Hbond substituents is 1. The van der Waals surface area contributed by atoms with Gasteiger partial charge in [-0.1, -0.05) is 23.7 Å². The summed E-state index contributed by atoms with van der Waals surface area (Å²) in [5, 5.41) is 12.8. The van der Waals surface area contributed by atoms with Gasteiger partial charge < -0.3 is 15.2 Å². The van der Waals surface area contributed by atoms with Crippen LogP contribution in [0, 0.1) is 0 Å². The van der Waals surface area contributed by atoms with E-state index in [-0.39, 0.29) is 11.7 Å². The molecule has 2 N–H and O–H groups in total. The SMILES string of the molecule is CC(Oc1ccc(Cl)cc1)C(=O)Nc1cnc(-c2cccc(O)c2)nc1. The van der Waals surface area contributed by atoms with Crippen LogP contribution < -0.4 is 10.1 Å². The number of phenols is 1. The molecule has 0 fully saturated rings. The van der Waals surface area contributed by atoms with Gasteiger partial charge in [0.25, 0.3) is 5.91 Å². The van der Waals surface area contributed by atoms with Gasteiger partial charge in [0.05, 0.1) is 18.1 Å². The molecular formula is C19H16ClN3O3. The Labute approximate surface area is 155 Å². The average Bonchev–Trinajstić information content (AvgIpc) is 2.64. The van der Waals surface area contributed by atoms with Crippen molar-refractivity contribution in [1.29, 1.82) is 0 Å². The van der Waals surface area contributed by atoms with Crippen molar-refractivity contribution in [2.45, 2.75) is 13.0 Å². The molecule has 6 nitrogen and oxygen atoms in total. The molecule has 3 rings (SSSR count). The molecule has 1 amide bonds. The van der Waals surface area contributed by atoms with Crippen molar-refractivity contribution >= 4 is 23.2 Å². The number of nitrogens with zero attached hydrogens (tertiary/aromatic N) is 2. The normalized spacial score (nSPS) is 11.6. The third kappa shape index (κ3) is 4.49. The molecule has 0 aliphatic rings. The Balaban J connectivity index is 1.62. The predicted octanol–water partition coefficient (Wildman–Crippen LogP) is 3.91. The summed E-state index contributed by atoms with van der Waals surface area (Å²) in [5.74, 6) is 0.808. The van der Waals surface area contributed by atoms with Crippen LogP contribution in [-0.4, -0.2) is 27.1 Å². The van der Waals surface area contributed by atoms with Gasteiger partial charge in [-0.15, -0.1) is 0 Å². The van der Waals surface area contributed by atoms with Gasteiger partial charge in [-0.05, 0) is 43.3 Å². The quantitative estimate of drug-likeness (QED) is 0.712. The van der Waals surface area contributed by atoms with E-state index < -0.39 is 6.10 Å². The maximum Gasteiger partial charge on any atom is 0.265 e. The summed E-state index contributed by atoms with van der Waals surface area (Å²) in [7, 11) is 0. The fraction of sp³-hybridized carbons (Fsp3) is 0.105. The maximum atomic E-state index is 12.2. The molecule has 0 aliphatic carbocycles. The van der Waals surface area contributed by atoms with E-state index in [9.17, 15) is 9.90 Å². The minimum atomic E-state index is -0.707. The highest BCUT2D eigenvalue weighted by molar-refractivity contribution is 6.30. The standard InChI is InChI=1S/C19H16ClN3O3/c1-12(26-17-7-5-14(20)6-8-17)19(25)23-15-10-21-18(22-11-15)13-3-2-4-16(24)9-13/h2-12,24H,1H3,(H,23,25). The van der Waals surface area contributed by atoms with Crippen LogP contribution in [0.2, 0.25) is 5.02 Å². The Morgan fingerprint density at radius 2 is 1.85 bits per heavy atom. The van der Waals surface area contributed by atoms with Crippen molar-refractivity contribution < 1.29 is 14.6 Å². The minimum Gasteiger partial charge on any atom is -0.508 e. The summed E-state index contributed by atoms with van der Waals surface area (Å²) in [5.41, 5.74) is 1.13. The number of carbonyl (C=O) groups is 1. The van der Waals surface area contributed by atoms with Crippen LogP contribution in [0.25, 0.3) is 11.4 Å². The lowest BCUT2D eigenvalue weighted by Crippen LogP contribution is -2.30. The van der Waals surface area contributed by atoms with E-state index in [1.54, 1.807) is 55.5 Å². The number of aromatic nitrogens is 2. The highest BCUT2D eigenvalue weighted by Crippen LogP contribution is 2.20. The molecule has 132 valence electrons. The van der Waals surface area contributed by atoms with E-state index in [2.05, 4.69) is 15.3 Å². The summed E-state index contributed by atoms with van der Waals surface area (Å²) in [6.45, 7) is 1.64. The fourth-order valence-corrected chi connectivity index (χ4v) is 2.33. The van der Waals surface area contributed by atoms with Gasteiger partial charge in [0.1, 0.15) is 11.5 Å². The van der Waals surface area contributed by atoms with Crippen molar-refractivity contribution in [2.24, 2.45) is 0 Å². The third-order valence-electron chi connectivity index (χ3n) is 3.52. The molecular weight excluding hydrogens is 354 g/mol. The van der Waals surface area contributed by atoms with Gasteiger partial charge in [0.15, 0.2) is 11.9 Å². The lowest BCUT2D eigenvalue weighted by atomic mass is 10.2. The van der Waals surface area contributed by atoms with Crippen LogP contribution >= 0.6 is 11.6 Å². The topological polar surface area (TPSA) is 84.3 Å². The van der Waals surface area contributed by atoms with Gasteiger partial charge in [-0.3, -0.25) is 4.79 Å². The second-order valence-electron chi connectivity index (χ2n) is 5.55. The second kappa shape index (κ2) is 7.84. The first kappa shape index (κ1) is 17.7. The molecule has 3 aromatic rings.